The highest BCUT2D eigenvalue weighted by molar-refractivity contribution is 5.92. The Hall–Kier alpha value is -1.54. The third-order valence-corrected chi connectivity index (χ3v) is 3.78. The van der Waals surface area contributed by atoms with Crippen LogP contribution in [0.3, 0.4) is 0 Å². The van der Waals surface area contributed by atoms with E-state index in [4.69, 9.17) is 4.74 Å². The molecule has 0 radical (unpaired) electrons. The molecule has 0 fully saturated rings. The van der Waals surface area contributed by atoms with Crippen LogP contribution in [0.4, 0.5) is 0 Å². The molecule has 0 amide bonds. The number of methoxy groups -OCH3 is 1. The van der Waals surface area contributed by atoms with Gasteiger partial charge in [-0.15, -0.1) is 0 Å². The van der Waals surface area contributed by atoms with Gasteiger partial charge in [0.2, 0.25) is 0 Å². The highest BCUT2D eigenvalue weighted by atomic mass is 16.5. The predicted molar refractivity (Wildman–Crippen MR) is 70.6 cm³/mol. The highest BCUT2D eigenvalue weighted by Gasteiger charge is 2.24. The Balaban J connectivity index is 2.32. The molecule has 2 nitrogen and oxygen atoms in total. The first-order chi connectivity index (χ1) is 8.35. The molecule has 0 heterocycles. The van der Waals surface area contributed by atoms with Gasteiger partial charge >= 0.3 is 0 Å². The van der Waals surface area contributed by atoms with Crippen molar-refractivity contribution in [1.29, 1.82) is 0 Å². The molecule has 1 atom stereocenters. The zero-order valence-electron chi connectivity index (χ0n) is 10.3. The number of rotatable bonds is 2. The molecule has 1 aliphatic carbocycles. The summed E-state index contributed by atoms with van der Waals surface area (Å²) < 4.78 is 5.52. The van der Waals surface area contributed by atoms with Crippen molar-refractivity contribution in [2.75, 3.05) is 14.2 Å². The summed E-state index contributed by atoms with van der Waals surface area (Å²) in [6.45, 7) is 0. The maximum Gasteiger partial charge on any atom is 0.127 e. The van der Waals surface area contributed by atoms with Gasteiger partial charge in [-0.3, -0.25) is 0 Å². The number of aryl methyl sites for hydroxylation is 1. The van der Waals surface area contributed by atoms with Gasteiger partial charge < -0.3 is 10.1 Å². The average molecular weight is 227 g/mol. The van der Waals surface area contributed by atoms with Crippen molar-refractivity contribution in [3.05, 3.63) is 41.5 Å². The van der Waals surface area contributed by atoms with E-state index in [0.29, 0.717) is 6.04 Å². The van der Waals surface area contributed by atoms with E-state index >= 15 is 0 Å². The first-order valence-corrected chi connectivity index (χ1v) is 6.11. The van der Waals surface area contributed by atoms with Crippen molar-refractivity contribution in [2.45, 2.75) is 18.9 Å². The normalized spacial score (nSPS) is 18.4. The second kappa shape index (κ2) is 4.04. The summed E-state index contributed by atoms with van der Waals surface area (Å²) in [5.41, 5.74) is 2.89. The van der Waals surface area contributed by atoms with Crippen molar-refractivity contribution in [3.8, 4) is 5.75 Å². The van der Waals surface area contributed by atoms with E-state index in [1.165, 1.54) is 28.3 Å². The summed E-state index contributed by atoms with van der Waals surface area (Å²) in [5.74, 6) is 0.988. The Morgan fingerprint density at radius 2 is 2.00 bits per heavy atom. The minimum absolute atomic E-state index is 0.475. The summed E-state index contributed by atoms with van der Waals surface area (Å²) >= 11 is 0. The lowest BCUT2D eigenvalue weighted by molar-refractivity contribution is 0.418. The molecular weight excluding hydrogens is 210 g/mol. The van der Waals surface area contributed by atoms with Crippen LogP contribution in [0.1, 0.15) is 23.6 Å². The highest BCUT2D eigenvalue weighted by Crippen LogP contribution is 2.40. The van der Waals surface area contributed by atoms with Gasteiger partial charge in [-0.05, 0) is 42.5 Å². The molecule has 17 heavy (non-hydrogen) atoms. The van der Waals surface area contributed by atoms with Crippen LogP contribution in [0.25, 0.3) is 10.8 Å². The number of nitrogens with one attached hydrogen (secondary N) is 1. The van der Waals surface area contributed by atoms with Gasteiger partial charge in [0.25, 0.3) is 0 Å². The molecule has 1 aliphatic rings. The first-order valence-electron chi connectivity index (χ1n) is 6.11. The molecule has 1 unspecified atom stereocenters. The summed E-state index contributed by atoms with van der Waals surface area (Å²) in [7, 11) is 3.78. The maximum atomic E-state index is 5.52. The van der Waals surface area contributed by atoms with Crippen LogP contribution in [0.15, 0.2) is 30.3 Å². The fraction of sp³-hybridized carbons (Fsp3) is 0.333. The topological polar surface area (TPSA) is 21.3 Å². The maximum absolute atomic E-state index is 5.52. The number of hydrogen-bond acceptors (Lipinski definition) is 2. The molecule has 0 aliphatic heterocycles. The number of ether oxygens (including phenoxy) is 1. The average Bonchev–Trinajstić information content (AvgIpc) is 2.80. The van der Waals surface area contributed by atoms with Crippen molar-refractivity contribution < 1.29 is 4.74 Å². The van der Waals surface area contributed by atoms with Crippen LogP contribution in [0.2, 0.25) is 0 Å². The molecule has 0 saturated heterocycles. The van der Waals surface area contributed by atoms with E-state index in [1.54, 1.807) is 7.11 Å². The van der Waals surface area contributed by atoms with E-state index in [-0.39, 0.29) is 0 Å². The third kappa shape index (κ3) is 1.52. The summed E-state index contributed by atoms with van der Waals surface area (Å²) in [4.78, 5) is 0. The van der Waals surface area contributed by atoms with Gasteiger partial charge in [-0.25, -0.2) is 0 Å². The van der Waals surface area contributed by atoms with E-state index < -0.39 is 0 Å². The van der Waals surface area contributed by atoms with Crippen LogP contribution in [-0.2, 0) is 6.42 Å². The van der Waals surface area contributed by atoms with Gasteiger partial charge in [0, 0.05) is 11.4 Å². The van der Waals surface area contributed by atoms with Crippen LogP contribution < -0.4 is 10.1 Å². The SMILES string of the molecule is CNC1CCc2c1cc(OC)c1ccccc21. The van der Waals surface area contributed by atoms with Gasteiger partial charge in [0.1, 0.15) is 5.75 Å². The molecule has 0 spiro atoms. The lowest BCUT2D eigenvalue weighted by atomic mass is 9.99. The lowest BCUT2D eigenvalue weighted by Crippen LogP contribution is -2.12. The Morgan fingerprint density at radius 1 is 1.24 bits per heavy atom. The van der Waals surface area contributed by atoms with Gasteiger partial charge in [-0.2, -0.15) is 0 Å². The third-order valence-electron chi connectivity index (χ3n) is 3.78. The molecule has 1 N–H and O–H groups in total. The quantitative estimate of drug-likeness (QED) is 0.851. The zero-order valence-corrected chi connectivity index (χ0v) is 10.3. The van der Waals surface area contributed by atoms with E-state index in [0.717, 1.165) is 12.2 Å². The molecule has 2 aromatic carbocycles. The molecule has 3 rings (SSSR count). The van der Waals surface area contributed by atoms with Crippen molar-refractivity contribution >= 4 is 10.8 Å². The van der Waals surface area contributed by atoms with Crippen LogP contribution in [0, 0.1) is 0 Å². The van der Waals surface area contributed by atoms with Crippen LogP contribution in [-0.4, -0.2) is 14.2 Å². The van der Waals surface area contributed by atoms with Crippen molar-refractivity contribution in [1.82, 2.24) is 5.32 Å². The standard InChI is InChI=1S/C15H17NO/c1-16-14-8-7-11-10-5-3-4-6-12(10)15(17-2)9-13(11)14/h3-6,9,14,16H,7-8H2,1-2H3. The van der Waals surface area contributed by atoms with Crippen molar-refractivity contribution in [3.63, 3.8) is 0 Å². The van der Waals surface area contributed by atoms with E-state index in [2.05, 4.69) is 35.6 Å². The fourth-order valence-corrected chi connectivity index (χ4v) is 2.93. The van der Waals surface area contributed by atoms with Crippen LogP contribution in [0.5, 0.6) is 5.75 Å². The Morgan fingerprint density at radius 3 is 2.71 bits per heavy atom. The van der Waals surface area contributed by atoms with Crippen molar-refractivity contribution in [2.24, 2.45) is 0 Å². The number of fused-ring (bicyclic) bond motifs is 3. The molecule has 2 aromatic rings. The Bertz CT molecular complexity index is 562. The molecule has 2 heteroatoms. The van der Waals surface area contributed by atoms with Gasteiger partial charge in [0.05, 0.1) is 7.11 Å². The Kier molecular flexibility index (Phi) is 2.52. The largest absolute Gasteiger partial charge is 0.496 e. The van der Waals surface area contributed by atoms with Crippen LogP contribution >= 0.6 is 0 Å². The second-order valence-corrected chi connectivity index (χ2v) is 4.57. The Labute approximate surface area is 102 Å². The molecular formula is C15H17NO. The zero-order chi connectivity index (χ0) is 11.8. The molecule has 0 saturated carbocycles. The minimum Gasteiger partial charge on any atom is -0.496 e. The minimum atomic E-state index is 0.475. The first kappa shape index (κ1) is 10.6. The van der Waals surface area contributed by atoms with E-state index in [9.17, 15) is 0 Å². The second-order valence-electron chi connectivity index (χ2n) is 4.57. The summed E-state index contributed by atoms with van der Waals surface area (Å²) in [6, 6.07) is 11.2. The molecule has 0 bridgehead atoms. The number of benzene rings is 2. The lowest BCUT2D eigenvalue weighted by Gasteiger charge is -2.14. The number of hydrogen-bond donors (Lipinski definition) is 1. The predicted octanol–water partition coefficient (Wildman–Crippen LogP) is 3.06. The monoisotopic (exact) mass is 227 g/mol. The fourth-order valence-electron chi connectivity index (χ4n) is 2.93. The summed E-state index contributed by atoms with van der Waals surface area (Å²) in [5, 5.41) is 5.95. The van der Waals surface area contributed by atoms with E-state index in [1.807, 2.05) is 7.05 Å². The van der Waals surface area contributed by atoms with Gasteiger partial charge in [0.15, 0.2) is 0 Å². The molecule has 0 aromatic heterocycles. The van der Waals surface area contributed by atoms with Gasteiger partial charge in [-0.1, -0.05) is 24.3 Å². The summed E-state index contributed by atoms with van der Waals surface area (Å²) in [6.07, 6.45) is 2.34. The molecule has 88 valence electrons. The smallest absolute Gasteiger partial charge is 0.127 e.